The number of hydrogen-bond donors (Lipinski definition) is 0. The smallest absolute Gasteiger partial charge is 0.380 e. The van der Waals surface area contributed by atoms with Gasteiger partial charge in [0.25, 0.3) is 0 Å². The van der Waals surface area contributed by atoms with Gasteiger partial charge in [-0.25, -0.2) is 4.98 Å². The van der Waals surface area contributed by atoms with Gasteiger partial charge in [-0.2, -0.15) is 0 Å². The number of aromatic nitrogens is 1. The molecule has 0 amide bonds. The third-order valence-electron chi connectivity index (χ3n) is 8.78. The van der Waals surface area contributed by atoms with Crippen molar-refractivity contribution in [1.82, 2.24) is 23.9 Å². The van der Waals surface area contributed by atoms with Gasteiger partial charge >= 0.3 is 27.9 Å². The van der Waals surface area contributed by atoms with Crippen molar-refractivity contribution in [2.24, 2.45) is 0 Å². The molecule has 6 aliphatic rings. The second kappa shape index (κ2) is 9.18. The van der Waals surface area contributed by atoms with E-state index < -0.39 is 8.07 Å². The molecule has 1 saturated heterocycles. The largest absolute Gasteiger partial charge is 0.423 e. The minimum absolute atomic E-state index is 0.0688. The van der Waals surface area contributed by atoms with Crippen molar-refractivity contribution in [1.29, 1.82) is 0 Å². The lowest BCUT2D eigenvalue weighted by atomic mass is 9.41. The standard InChI is InChI=1S/C29H27B4N5SSi/c1-40(2)26-12-9-11-25(28(26)39-29-27(40)13-10-19-34-29)24-14-18-33-37-22-7-4-16-31(37)35-20-6-3-15-30(35)36-21-8-5-17-32(36)38(33)23-24/h3-23H,1-2H3. The Morgan fingerprint density at radius 1 is 0.675 bits per heavy atom. The van der Waals surface area contributed by atoms with E-state index >= 15 is 0 Å². The molecular formula is C29H27B4N5SSi. The van der Waals surface area contributed by atoms with Gasteiger partial charge in [-0.1, -0.05) is 97.3 Å². The minimum Gasteiger partial charge on any atom is -0.423 e. The summed E-state index contributed by atoms with van der Waals surface area (Å²) in [6, 6.07) is 11.3. The lowest BCUT2D eigenvalue weighted by Gasteiger charge is -2.53. The molecule has 7 heterocycles. The van der Waals surface area contributed by atoms with E-state index in [1.54, 1.807) is 0 Å². The molecule has 190 valence electrons. The third-order valence-corrected chi connectivity index (χ3v) is 13.8. The molecule has 11 heteroatoms. The number of allylic oxidation sites excluding steroid dienone is 8. The molecule has 1 fully saturated rings. The highest BCUT2D eigenvalue weighted by Crippen LogP contribution is 2.39. The van der Waals surface area contributed by atoms with Crippen molar-refractivity contribution in [3.05, 3.63) is 133 Å². The van der Waals surface area contributed by atoms with Gasteiger partial charge in [-0.05, 0) is 70.6 Å². The van der Waals surface area contributed by atoms with E-state index in [9.17, 15) is 0 Å². The maximum atomic E-state index is 4.81. The molecule has 6 aliphatic heterocycles. The maximum Gasteiger partial charge on any atom is 0.380 e. The number of benzene rings is 1. The molecule has 0 bridgehead atoms. The summed E-state index contributed by atoms with van der Waals surface area (Å²) in [6.45, 7) is 5.27. The molecule has 0 radical (unpaired) electrons. The Bertz CT molecular complexity index is 1620. The summed E-state index contributed by atoms with van der Waals surface area (Å²) >= 11 is 1.84. The zero-order valence-electron chi connectivity index (χ0n) is 22.6. The number of rotatable bonds is 1. The molecule has 0 aliphatic carbocycles. The molecule has 1 aromatic heterocycles. The molecule has 0 unspecified atom stereocenters. The van der Waals surface area contributed by atoms with Crippen LogP contribution in [0.3, 0.4) is 0 Å². The Kier molecular flexibility index (Phi) is 5.54. The topological polar surface area (TPSA) is 25.9 Å². The van der Waals surface area contributed by atoms with E-state index in [2.05, 4.69) is 154 Å². The van der Waals surface area contributed by atoms with Crippen LogP contribution in [-0.2, 0) is 0 Å². The summed E-state index contributed by atoms with van der Waals surface area (Å²) < 4.78 is 9.91. The van der Waals surface area contributed by atoms with Crippen molar-refractivity contribution in [3.8, 4) is 0 Å². The minimum atomic E-state index is -1.87. The molecule has 1 aromatic carbocycles. The predicted molar refractivity (Wildman–Crippen MR) is 174 cm³/mol. The van der Waals surface area contributed by atoms with Gasteiger partial charge in [0.1, 0.15) is 13.1 Å². The average Bonchev–Trinajstić information content (AvgIpc) is 3.00. The molecule has 40 heavy (non-hydrogen) atoms. The first-order chi connectivity index (χ1) is 19.6. The summed E-state index contributed by atoms with van der Waals surface area (Å²) in [5.41, 5.74) is 2.54. The normalized spacial score (nSPS) is 20.9. The van der Waals surface area contributed by atoms with Gasteiger partial charge in [-0.3, -0.25) is 0 Å². The van der Waals surface area contributed by atoms with E-state index in [-0.39, 0.29) is 27.9 Å². The highest BCUT2D eigenvalue weighted by Gasteiger charge is 2.50. The molecule has 5 nitrogen and oxygen atoms in total. The number of hydrogen-bond acceptors (Lipinski definition) is 6. The van der Waals surface area contributed by atoms with Crippen molar-refractivity contribution in [2.45, 2.75) is 23.0 Å². The molecule has 0 N–H and O–H groups in total. The van der Waals surface area contributed by atoms with Crippen molar-refractivity contribution >= 4 is 63.7 Å². The molecule has 0 spiro atoms. The first-order valence-corrected chi connectivity index (χ1v) is 17.7. The van der Waals surface area contributed by atoms with Crippen LogP contribution in [-0.4, -0.2) is 59.9 Å². The molecular weight excluding hydrogens is 522 g/mol. The summed E-state index contributed by atoms with van der Waals surface area (Å²) in [7, 11) is -1.87. The van der Waals surface area contributed by atoms with E-state index in [0.29, 0.717) is 0 Å². The zero-order chi connectivity index (χ0) is 26.8. The summed E-state index contributed by atoms with van der Waals surface area (Å²) in [5.74, 6) is 9.29. The van der Waals surface area contributed by atoms with Gasteiger partial charge in [0.15, 0.2) is 0 Å². The Morgan fingerprint density at radius 2 is 1.27 bits per heavy atom. The van der Waals surface area contributed by atoms with Crippen LogP contribution in [0.5, 0.6) is 0 Å². The number of fused-ring (bicyclic) bond motifs is 10. The van der Waals surface area contributed by atoms with Gasteiger partial charge in [-0.15, -0.1) is 0 Å². The summed E-state index contributed by atoms with van der Waals surface area (Å²) in [6.07, 6.45) is 26.3. The van der Waals surface area contributed by atoms with Crippen molar-refractivity contribution < 1.29 is 0 Å². The van der Waals surface area contributed by atoms with Gasteiger partial charge in [0.2, 0.25) is 0 Å². The highest BCUT2D eigenvalue weighted by molar-refractivity contribution is 8.00. The van der Waals surface area contributed by atoms with E-state index in [4.69, 9.17) is 4.98 Å². The molecule has 0 atom stereocenters. The predicted octanol–water partition coefficient (Wildman–Crippen LogP) is 3.86. The first-order valence-electron chi connectivity index (χ1n) is 13.9. The highest BCUT2D eigenvalue weighted by atomic mass is 32.2. The average molecular weight is 549 g/mol. The van der Waals surface area contributed by atoms with Crippen molar-refractivity contribution in [2.75, 3.05) is 0 Å². The fourth-order valence-corrected chi connectivity index (χ4v) is 12.2. The zero-order valence-corrected chi connectivity index (χ0v) is 24.4. The second-order valence-corrected chi connectivity index (χ2v) is 16.7. The summed E-state index contributed by atoms with van der Waals surface area (Å²) in [5, 5.41) is 4.10. The fourth-order valence-electron chi connectivity index (χ4n) is 6.77. The van der Waals surface area contributed by atoms with Crippen LogP contribution in [0, 0.1) is 0 Å². The van der Waals surface area contributed by atoms with E-state index in [0.717, 1.165) is 0 Å². The van der Waals surface area contributed by atoms with Crippen LogP contribution in [0.25, 0.3) is 5.57 Å². The van der Waals surface area contributed by atoms with Crippen molar-refractivity contribution in [3.63, 3.8) is 0 Å². The van der Waals surface area contributed by atoms with Gasteiger partial charge in [0.05, 0.1) is 0 Å². The van der Waals surface area contributed by atoms with Crippen LogP contribution in [0.2, 0.25) is 13.1 Å². The molecule has 2 aromatic rings. The molecule has 0 saturated carbocycles. The Hall–Kier alpha value is -3.68. The number of pyridine rings is 1. The van der Waals surface area contributed by atoms with Crippen LogP contribution < -0.4 is 10.4 Å². The van der Waals surface area contributed by atoms with Crippen LogP contribution in [0.15, 0.2) is 138 Å². The van der Waals surface area contributed by atoms with E-state index in [1.165, 1.54) is 31.4 Å². The Labute approximate surface area is 243 Å². The lowest BCUT2D eigenvalue weighted by Crippen LogP contribution is -2.73. The Morgan fingerprint density at radius 3 is 1.95 bits per heavy atom. The monoisotopic (exact) mass is 549 g/mol. The summed E-state index contributed by atoms with van der Waals surface area (Å²) in [4.78, 5) is 6.18. The Balaban J connectivity index is 1.26. The quantitative estimate of drug-likeness (QED) is 0.502. The van der Waals surface area contributed by atoms with Crippen LogP contribution in [0.4, 0.5) is 0 Å². The maximum absolute atomic E-state index is 4.81. The first kappa shape index (κ1) is 24.1. The second-order valence-electron chi connectivity index (χ2n) is 11.3. The van der Waals surface area contributed by atoms with Gasteiger partial charge < -0.3 is 18.9 Å². The lowest BCUT2D eigenvalue weighted by molar-refractivity contribution is 0.622. The van der Waals surface area contributed by atoms with Gasteiger partial charge in [0, 0.05) is 11.1 Å². The van der Waals surface area contributed by atoms with E-state index in [1.807, 2.05) is 18.0 Å². The third kappa shape index (κ3) is 3.57. The molecule has 8 rings (SSSR count). The number of nitrogens with zero attached hydrogens (tertiary/aromatic N) is 5. The van der Waals surface area contributed by atoms with Crippen LogP contribution in [0.1, 0.15) is 5.56 Å². The van der Waals surface area contributed by atoms with Crippen LogP contribution >= 0.6 is 11.8 Å². The SMILES string of the molecule is C[Si]1(C)c2cccnc2Sc2c(C3=CN4B5C=CC=CN5B5C=CC=CN5B5C=CC=CN5B4C=C3)cccc21. The fraction of sp³-hybridized carbons (Fsp3) is 0.0690.